The maximum atomic E-state index is 13.5. The number of nitrogens with zero attached hydrogens (tertiary/aromatic N) is 2. The van der Waals surface area contributed by atoms with Gasteiger partial charge < -0.3 is 10.2 Å². The molecule has 0 aliphatic carbocycles. The van der Waals surface area contributed by atoms with Gasteiger partial charge in [0, 0.05) is 13.1 Å². The van der Waals surface area contributed by atoms with Gasteiger partial charge in [-0.1, -0.05) is 18.2 Å². The van der Waals surface area contributed by atoms with Crippen molar-refractivity contribution in [3.05, 3.63) is 52.7 Å². The summed E-state index contributed by atoms with van der Waals surface area (Å²) in [4.78, 5) is 2.30. The number of rotatable bonds is 5. The number of nitriles is 1. The van der Waals surface area contributed by atoms with Crippen LogP contribution in [0.3, 0.4) is 0 Å². The molecule has 0 bridgehead atoms. The lowest BCUT2D eigenvalue weighted by atomic mass is 9.95. The predicted molar refractivity (Wildman–Crippen MR) is 95.7 cm³/mol. The second-order valence-corrected chi connectivity index (χ2v) is 6.55. The van der Waals surface area contributed by atoms with Crippen LogP contribution in [0.25, 0.3) is 5.57 Å². The fourth-order valence-corrected chi connectivity index (χ4v) is 3.29. The highest BCUT2D eigenvalue weighted by Gasteiger charge is 2.32. The average molecular weight is 331 g/mol. The highest BCUT2D eigenvalue weighted by atomic mass is 32.2. The highest BCUT2D eigenvalue weighted by molar-refractivity contribution is 8.01. The lowest BCUT2D eigenvalue weighted by Crippen LogP contribution is -2.43. The van der Waals surface area contributed by atoms with Gasteiger partial charge in [-0.3, -0.25) is 0 Å². The molecule has 1 atom stereocenters. The van der Waals surface area contributed by atoms with E-state index in [1.807, 2.05) is 24.8 Å². The summed E-state index contributed by atoms with van der Waals surface area (Å²) in [6.07, 6.45) is 7.30. The maximum absolute atomic E-state index is 13.5. The van der Waals surface area contributed by atoms with E-state index in [9.17, 15) is 4.39 Å². The van der Waals surface area contributed by atoms with Gasteiger partial charge in [0.15, 0.2) is 0 Å². The van der Waals surface area contributed by atoms with E-state index in [-0.39, 0.29) is 11.1 Å². The van der Waals surface area contributed by atoms with Crippen LogP contribution in [0.1, 0.15) is 17.5 Å². The Hall–Kier alpha value is -1.61. The zero-order chi connectivity index (χ0) is 16.9. The number of halogens is 1. The SMILES string of the molecule is CNC1(/C=C/C(=C\SC)c2ccc(F)c(C#N)c2)CCN(C)C1. The van der Waals surface area contributed by atoms with Crippen LogP contribution in [-0.2, 0) is 0 Å². The Morgan fingerprint density at radius 2 is 2.30 bits per heavy atom. The van der Waals surface area contributed by atoms with Gasteiger partial charge in [0.05, 0.1) is 11.1 Å². The Balaban J connectivity index is 2.31. The minimum Gasteiger partial charge on any atom is -0.310 e. The summed E-state index contributed by atoms with van der Waals surface area (Å²) < 4.78 is 13.5. The minimum absolute atomic E-state index is 0.0374. The summed E-state index contributed by atoms with van der Waals surface area (Å²) in [5.41, 5.74) is 1.88. The van der Waals surface area contributed by atoms with Crippen molar-refractivity contribution >= 4 is 17.3 Å². The van der Waals surface area contributed by atoms with Crippen molar-refractivity contribution in [2.45, 2.75) is 12.0 Å². The highest BCUT2D eigenvalue weighted by Crippen LogP contribution is 2.26. The summed E-state index contributed by atoms with van der Waals surface area (Å²) in [5.74, 6) is -0.479. The Kier molecular flexibility index (Phi) is 6.00. The Morgan fingerprint density at radius 3 is 2.87 bits per heavy atom. The predicted octanol–water partition coefficient (Wildman–Crippen LogP) is 3.25. The molecule has 0 radical (unpaired) electrons. The van der Waals surface area contributed by atoms with Gasteiger partial charge in [-0.15, -0.1) is 11.8 Å². The molecular formula is C18H22FN3S. The van der Waals surface area contributed by atoms with E-state index in [2.05, 4.69) is 29.4 Å². The molecule has 1 saturated heterocycles. The molecule has 5 heteroatoms. The second-order valence-electron chi connectivity index (χ2n) is 5.84. The zero-order valence-electron chi connectivity index (χ0n) is 13.8. The molecule has 1 aliphatic rings. The Bertz CT molecular complexity index is 663. The molecule has 0 aromatic heterocycles. The molecular weight excluding hydrogens is 309 g/mol. The summed E-state index contributed by atoms with van der Waals surface area (Å²) >= 11 is 1.59. The van der Waals surface area contributed by atoms with Crippen LogP contribution >= 0.6 is 11.8 Å². The van der Waals surface area contributed by atoms with E-state index < -0.39 is 5.82 Å². The minimum atomic E-state index is -0.479. The first kappa shape index (κ1) is 17.7. The monoisotopic (exact) mass is 331 g/mol. The van der Waals surface area contributed by atoms with E-state index in [0.717, 1.165) is 30.6 Å². The van der Waals surface area contributed by atoms with Gasteiger partial charge in [-0.25, -0.2) is 4.39 Å². The molecule has 1 aliphatic heterocycles. The van der Waals surface area contributed by atoms with Crippen LogP contribution in [0.4, 0.5) is 4.39 Å². The summed E-state index contributed by atoms with van der Waals surface area (Å²) in [5, 5.41) is 14.5. The number of nitrogens with one attached hydrogen (secondary N) is 1. The fraction of sp³-hybridized carbons (Fsp3) is 0.389. The molecule has 1 aromatic carbocycles. The lowest BCUT2D eigenvalue weighted by Gasteiger charge is -2.24. The van der Waals surface area contributed by atoms with Crippen LogP contribution in [0.5, 0.6) is 0 Å². The molecule has 2 rings (SSSR count). The molecule has 0 spiro atoms. The lowest BCUT2D eigenvalue weighted by molar-refractivity contribution is 0.373. The average Bonchev–Trinajstić information content (AvgIpc) is 2.94. The molecule has 122 valence electrons. The normalized spacial score (nSPS) is 22.7. The van der Waals surface area contributed by atoms with Crippen LogP contribution in [0, 0.1) is 17.1 Å². The maximum Gasteiger partial charge on any atom is 0.140 e. The van der Waals surface area contributed by atoms with Crippen molar-refractivity contribution in [3.63, 3.8) is 0 Å². The third-order valence-corrected chi connectivity index (χ3v) is 4.73. The van der Waals surface area contributed by atoms with E-state index in [1.54, 1.807) is 23.9 Å². The molecule has 1 heterocycles. The van der Waals surface area contributed by atoms with Crippen LogP contribution < -0.4 is 5.32 Å². The van der Waals surface area contributed by atoms with Gasteiger partial charge in [0.2, 0.25) is 0 Å². The quantitative estimate of drug-likeness (QED) is 0.841. The van der Waals surface area contributed by atoms with Gasteiger partial charge in [-0.05, 0) is 55.4 Å². The van der Waals surface area contributed by atoms with E-state index in [1.165, 1.54) is 6.07 Å². The van der Waals surface area contributed by atoms with E-state index in [0.29, 0.717) is 0 Å². The van der Waals surface area contributed by atoms with Crippen LogP contribution in [-0.4, -0.2) is 43.9 Å². The summed E-state index contributed by atoms with van der Waals surface area (Å²) in [6, 6.07) is 6.58. The first-order valence-corrected chi connectivity index (χ1v) is 8.82. The molecule has 1 aromatic rings. The molecule has 1 fully saturated rings. The Labute approximate surface area is 141 Å². The van der Waals surface area contributed by atoms with Gasteiger partial charge in [0.1, 0.15) is 11.9 Å². The molecule has 0 amide bonds. The largest absolute Gasteiger partial charge is 0.310 e. The van der Waals surface area contributed by atoms with Gasteiger partial charge in [0.25, 0.3) is 0 Å². The van der Waals surface area contributed by atoms with E-state index >= 15 is 0 Å². The molecule has 0 saturated carbocycles. The molecule has 1 N–H and O–H groups in total. The number of benzene rings is 1. The third kappa shape index (κ3) is 4.23. The molecule has 3 nitrogen and oxygen atoms in total. The standard InChI is InChI=1S/C18H22FN3S/c1-21-18(8-9-22(2)13-18)7-6-15(12-23-3)14-4-5-17(19)16(10-14)11-20/h4-7,10,12,21H,8-9,13H2,1-3H3/b7-6+,15-12+. The third-order valence-electron chi connectivity index (χ3n) is 4.24. The van der Waals surface area contributed by atoms with Crippen molar-refractivity contribution in [2.24, 2.45) is 0 Å². The topological polar surface area (TPSA) is 39.1 Å². The zero-order valence-corrected chi connectivity index (χ0v) is 14.6. The van der Waals surface area contributed by atoms with Crippen molar-refractivity contribution in [2.75, 3.05) is 33.4 Å². The van der Waals surface area contributed by atoms with Crippen molar-refractivity contribution in [1.29, 1.82) is 5.26 Å². The number of hydrogen-bond acceptors (Lipinski definition) is 4. The van der Waals surface area contributed by atoms with Crippen LogP contribution in [0.2, 0.25) is 0 Å². The van der Waals surface area contributed by atoms with Crippen LogP contribution in [0.15, 0.2) is 35.8 Å². The number of likely N-dealkylation sites (tertiary alicyclic amines) is 1. The van der Waals surface area contributed by atoms with Gasteiger partial charge in [-0.2, -0.15) is 5.26 Å². The summed E-state index contributed by atoms with van der Waals surface area (Å²) in [7, 11) is 4.10. The molecule has 1 unspecified atom stereocenters. The number of hydrogen-bond donors (Lipinski definition) is 1. The summed E-state index contributed by atoms with van der Waals surface area (Å²) in [6.45, 7) is 2.02. The van der Waals surface area contributed by atoms with Crippen molar-refractivity contribution < 1.29 is 4.39 Å². The number of allylic oxidation sites excluding steroid dienone is 2. The first-order valence-electron chi connectivity index (χ1n) is 7.53. The Morgan fingerprint density at radius 1 is 1.52 bits per heavy atom. The van der Waals surface area contributed by atoms with Crippen molar-refractivity contribution in [3.8, 4) is 6.07 Å². The first-order chi connectivity index (χ1) is 11.0. The number of thioether (sulfide) groups is 1. The van der Waals surface area contributed by atoms with E-state index in [4.69, 9.17) is 5.26 Å². The smallest absolute Gasteiger partial charge is 0.140 e. The van der Waals surface area contributed by atoms with Crippen molar-refractivity contribution in [1.82, 2.24) is 10.2 Å². The molecule has 23 heavy (non-hydrogen) atoms. The number of likely N-dealkylation sites (N-methyl/N-ethyl adjacent to an activating group) is 2. The second kappa shape index (κ2) is 7.78. The van der Waals surface area contributed by atoms with Gasteiger partial charge >= 0.3 is 0 Å². The fourth-order valence-electron chi connectivity index (χ4n) is 2.82.